The average molecular weight is 307 g/mol. The third kappa shape index (κ3) is 3.69. The molecule has 0 bridgehead atoms. The zero-order valence-electron chi connectivity index (χ0n) is 14.7. The lowest BCUT2D eigenvalue weighted by Crippen LogP contribution is -2.50. The number of amides is 1. The van der Waals surface area contributed by atoms with Crippen LogP contribution >= 0.6 is 0 Å². The van der Waals surface area contributed by atoms with Crippen molar-refractivity contribution in [2.75, 3.05) is 13.2 Å². The molecule has 2 rings (SSSR count). The van der Waals surface area contributed by atoms with E-state index in [1.165, 1.54) is 0 Å². The summed E-state index contributed by atoms with van der Waals surface area (Å²) < 4.78 is 7.64. The van der Waals surface area contributed by atoms with E-state index in [4.69, 9.17) is 4.74 Å². The van der Waals surface area contributed by atoms with E-state index >= 15 is 0 Å². The fourth-order valence-electron chi connectivity index (χ4n) is 3.02. The molecule has 1 aromatic heterocycles. The molecule has 5 heteroatoms. The number of aryl methyl sites for hydroxylation is 1. The van der Waals surface area contributed by atoms with Crippen molar-refractivity contribution in [3.63, 3.8) is 0 Å². The minimum Gasteiger partial charge on any atom is -0.375 e. The second kappa shape index (κ2) is 6.82. The van der Waals surface area contributed by atoms with Gasteiger partial charge in [0.05, 0.1) is 30.9 Å². The maximum absolute atomic E-state index is 12.7. The second-order valence-corrected chi connectivity index (χ2v) is 6.94. The number of hydrogen-bond donors (Lipinski definition) is 0. The van der Waals surface area contributed by atoms with E-state index in [1.807, 2.05) is 30.4 Å². The standard InChI is InChI=1S/C17H29N3O2/c1-11(2)8-20-15(6)16(14(5)18-20)7-17(21)19-9-13(4)22-10-12(19)3/h11-13H,7-10H2,1-6H3. The average Bonchev–Trinajstić information content (AvgIpc) is 2.68. The van der Waals surface area contributed by atoms with Gasteiger partial charge in [0.2, 0.25) is 5.91 Å². The van der Waals surface area contributed by atoms with Gasteiger partial charge in [-0.05, 0) is 33.6 Å². The van der Waals surface area contributed by atoms with Crippen LogP contribution < -0.4 is 0 Å². The number of carbonyl (C=O) groups excluding carboxylic acids is 1. The highest BCUT2D eigenvalue weighted by Gasteiger charge is 2.28. The van der Waals surface area contributed by atoms with Gasteiger partial charge in [0.15, 0.2) is 0 Å². The summed E-state index contributed by atoms with van der Waals surface area (Å²) in [5.74, 6) is 0.722. The smallest absolute Gasteiger partial charge is 0.227 e. The third-order valence-corrected chi connectivity index (χ3v) is 4.33. The number of hydrogen-bond acceptors (Lipinski definition) is 3. The summed E-state index contributed by atoms with van der Waals surface area (Å²) in [5.41, 5.74) is 3.17. The van der Waals surface area contributed by atoms with Crippen molar-refractivity contribution in [1.82, 2.24) is 14.7 Å². The molecule has 0 saturated carbocycles. The Balaban J connectivity index is 2.13. The molecule has 2 atom stereocenters. The molecule has 1 aromatic rings. The number of ether oxygens (including phenoxy) is 1. The minimum atomic E-state index is 0.117. The van der Waals surface area contributed by atoms with Gasteiger partial charge in [-0.25, -0.2) is 0 Å². The lowest BCUT2D eigenvalue weighted by molar-refractivity contribution is -0.142. The summed E-state index contributed by atoms with van der Waals surface area (Å²) in [6.45, 7) is 14.7. The molecule has 5 nitrogen and oxygen atoms in total. The topological polar surface area (TPSA) is 47.4 Å². The molecule has 124 valence electrons. The van der Waals surface area contributed by atoms with Gasteiger partial charge in [0.1, 0.15) is 0 Å². The van der Waals surface area contributed by atoms with Crippen LogP contribution in [0, 0.1) is 19.8 Å². The summed E-state index contributed by atoms with van der Waals surface area (Å²) >= 11 is 0. The first-order valence-corrected chi connectivity index (χ1v) is 8.23. The zero-order valence-corrected chi connectivity index (χ0v) is 14.7. The summed E-state index contributed by atoms with van der Waals surface area (Å²) in [6, 6.07) is 0.148. The molecule has 0 aliphatic carbocycles. The highest BCUT2D eigenvalue weighted by molar-refractivity contribution is 5.79. The molecular formula is C17H29N3O2. The van der Waals surface area contributed by atoms with Crippen LogP contribution in [0.2, 0.25) is 0 Å². The van der Waals surface area contributed by atoms with Crippen LogP contribution in [-0.4, -0.2) is 45.9 Å². The molecule has 0 aromatic carbocycles. The molecule has 0 N–H and O–H groups in total. The van der Waals surface area contributed by atoms with E-state index in [0.717, 1.165) is 23.5 Å². The van der Waals surface area contributed by atoms with E-state index in [2.05, 4.69) is 25.9 Å². The van der Waals surface area contributed by atoms with E-state index < -0.39 is 0 Å². The van der Waals surface area contributed by atoms with E-state index in [1.54, 1.807) is 0 Å². The van der Waals surface area contributed by atoms with Crippen molar-refractivity contribution < 1.29 is 9.53 Å². The van der Waals surface area contributed by atoms with Crippen molar-refractivity contribution in [2.45, 2.75) is 66.7 Å². The Morgan fingerprint density at radius 1 is 1.36 bits per heavy atom. The Bertz CT molecular complexity index is 536. The Kier molecular flexibility index (Phi) is 5.27. The molecule has 1 fully saturated rings. The van der Waals surface area contributed by atoms with Crippen LogP contribution in [0.5, 0.6) is 0 Å². The van der Waals surface area contributed by atoms with Crippen molar-refractivity contribution in [2.24, 2.45) is 5.92 Å². The van der Waals surface area contributed by atoms with Crippen molar-refractivity contribution in [3.8, 4) is 0 Å². The van der Waals surface area contributed by atoms with E-state index in [-0.39, 0.29) is 18.1 Å². The van der Waals surface area contributed by atoms with Crippen LogP contribution in [0.4, 0.5) is 0 Å². The number of rotatable bonds is 4. The van der Waals surface area contributed by atoms with Gasteiger partial charge in [-0.1, -0.05) is 13.8 Å². The molecule has 2 unspecified atom stereocenters. The Morgan fingerprint density at radius 3 is 2.68 bits per heavy atom. The van der Waals surface area contributed by atoms with Gasteiger partial charge < -0.3 is 9.64 Å². The molecule has 22 heavy (non-hydrogen) atoms. The first-order chi connectivity index (χ1) is 10.3. The number of aromatic nitrogens is 2. The van der Waals surface area contributed by atoms with Gasteiger partial charge in [-0.15, -0.1) is 0 Å². The van der Waals surface area contributed by atoms with E-state index in [0.29, 0.717) is 25.5 Å². The molecule has 2 heterocycles. The Labute approximate surface area is 133 Å². The summed E-state index contributed by atoms with van der Waals surface area (Å²) in [5, 5.41) is 4.60. The van der Waals surface area contributed by atoms with Gasteiger partial charge >= 0.3 is 0 Å². The molecule has 1 aliphatic rings. The van der Waals surface area contributed by atoms with Crippen molar-refractivity contribution in [3.05, 3.63) is 17.0 Å². The first-order valence-electron chi connectivity index (χ1n) is 8.23. The fourth-order valence-corrected chi connectivity index (χ4v) is 3.02. The van der Waals surface area contributed by atoms with Crippen molar-refractivity contribution in [1.29, 1.82) is 0 Å². The highest BCUT2D eigenvalue weighted by Crippen LogP contribution is 2.19. The third-order valence-electron chi connectivity index (χ3n) is 4.33. The van der Waals surface area contributed by atoms with Crippen LogP contribution in [0.1, 0.15) is 44.6 Å². The predicted molar refractivity (Wildman–Crippen MR) is 86.8 cm³/mol. The number of carbonyl (C=O) groups is 1. The molecular weight excluding hydrogens is 278 g/mol. The number of morpholine rings is 1. The fraction of sp³-hybridized carbons (Fsp3) is 0.765. The maximum atomic E-state index is 12.7. The first kappa shape index (κ1) is 17.0. The predicted octanol–water partition coefficient (Wildman–Crippen LogP) is 2.33. The van der Waals surface area contributed by atoms with Gasteiger partial charge in [-0.3, -0.25) is 9.48 Å². The van der Waals surface area contributed by atoms with Crippen LogP contribution in [0.15, 0.2) is 0 Å². The monoisotopic (exact) mass is 307 g/mol. The second-order valence-electron chi connectivity index (χ2n) is 6.94. The van der Waals surface area contributed by atoms with Crippen molar-refractivity contribution >= 4 is 5.91 Å². The largest absolute Gasteiger partial charge is 0.375 e. The normalized spacial score (nSPS) is 22.4. The molecule has 1 saturated heterocycles. The minimum absolute atomic E-state index is 0.117. The SMILES string of the molecule is Cc1nn(CC(C)C)c(C)c1CC(=O)N1CC(C)OCC1C. The Hall–Kier alpha value is -1.36. The summed E-state index contributed by atoms with van der Waals surface area (Å²) in [7, 11) is 0. The summed E-state index contributed by atoms with van der Waals surface area (Å²) in [4.78, 5) is 14.6. The van der Waals surface area contributed by atoms with Gasteiger partial charge in [-0.2, -0.15) is 5.10 Å². The molecule has 1 amide bonds. The van der Waals surface area contributed by atoms with Crippen LogP contribution in [0.3, 0.4) is 0 Å². The molecule has 1 aliphatic heterocycles. The Morgan fingerprint density at radius 2 is 2.05 bits per heavy atom. The maximum Gasteiger partial charge on any atom is 0.227 e. The summed E-state index contributed by atoms with van der Waals surface area (Å²) in [6.07, 6.45) is 0.554. The zero-order chi connectivity index (χ0) is 16.4. The van der Waals surface area contributed by atoms with Crippen LogP contribution in [-0.2, 0) is 22.5 Å². The number of nitrogens with zero attached hydrogens (tertiary/aromatic N) is 3. The van der Waals surface area contributed by atoms with Crippen LogP contribution in [0.25, 0.3) is 0 Å². The van der Waals surface area contributed by atoms with Gasteiger partial charge in [0.25, 0.3) is 0 Å². The highest BCUT2D eigenvalue weighted by atomic mass is 16.5. The quantitative estimate of drug-likeness (QED) is 0.858. The molecule has 0 radical (unpaired) electrons. The lowest BCUT2D eigenvalue weighted by Gasteiger charge is -2.37. The lowest BCUT2D eigenvalue weighted by atomic mass is 10.1. The van der Waals surface area contributed by atoms with E-state index in [9.17, 15) is 4.79 Å². The molecule has 0 spiro atoms. The van der Waals surface area contributed by atoms with Gasteiger partial charge in [0, 0.05) is 24.3 Å².